The molecule has 17 unspecified atom stereocenters. The number of allylic oxidation sites excluding steroid dienone is 13. The van der Waals surface area contributed by atoms with Gasteiger partial charge in [0.2, 0.25) is 5.91 Å². The molecule has 0 aromatic rings. The molecular formula is C94H169NO18. The van der Waals surface area contributed by atoms with Gasteiger partial charge in [-0.05, 0) is 83.5 Å². The molecule has 3 aliphatic heterocycles. The molecule has 3 rings (SSSR count). The SMILES string of the molecule is CC/C=C\C/C=C\C/C=C\C/C=C\CCCCCCCCCCCCCCCCCCCCCCCCC(=O)NC(COC1OC(CO)C(OC2OC(CO)C(OC3OC(CO)C(O)C(O)C3O)C(O)C2O)C(O)C1O)C(O)/C=C/CC/C=C/CC/C=C/CCCCCCCCCCCCCCCCCCCCCCCCC. The van der Waals surface area contributed by atoms with Crippen LogP contribution in [0.15, 0.2) is 85.1 Å². The molecule has 113 heavy (non-hydrogen) atoms. The predicted octanol–water partition coefficient (Wildman–Crippen LogP) is 18.1. The topological polar surface area (TPSA) is 307 Å². The van der Waals surface area contributed by atoms with Gasteiger partial charge in [-0.1, -0.05) is 369 Å². The third kappa shape index (κ3) is 51.3. The zero-order chi connectivity index (χ0) is 81.7. The molecule has 3 aliphatic rings. The molecule has 0 bridgehead atoms. The van der Waals surface area contributed by atoms with Crippen LogP contribution in [-0.2, 0) is 33.2 Å². The van der Waals surface area contributed by atoms with Gasteiger partial charge in [0.15, 0.2) is 18.9 Å². The standard InChI is InChI=1S/C94H169NO18/c1-3-5-7-9-11-13-15-17-19-21-23-25-27-29-31-33-35-37-38-40-42-44-46-48-50-52-54-56-58-60-62-64-66-68-70-72-82(100)95-77(78(99)71-69-67-65-63-61-59-57-55-53-51-49-47-45-43-41-39-36-34-32-30-28-26-24-22-20-18-16-14-12-10-8-6-4-2)76-108-92-88(106)85(103)90(80(74-97)110-92)113-94-89(107)86(104)91(81(75-98)111-94)112-93-87(105)84(102)83(101)79(73-96)109-93/h5,7,11,13,17,19,23,25,53,55,61,63,69,71,77-81,83-94,96-99,101-107H,3-4,6,8-10,12,14-16,18,20-22,24,26-52,54,56-60,62,64-68,70,72-76H2,1-2H3,(H,95,100)/b7-5-,13-11-,19-17-,25-23-,55-53+,63-61+,71-69+. The number of carbonyl (C=O) groups is 1. The van der Waals surface area contributed by atoms with Crippen molar-refractivity contribution in [2.24, 2.45) is 0 Å². The van der Waals surface area contributed by atoms with Crippen molar-refractivity contribution >= 4 is 5.91 Å². The van der Waals surface area contributed by atoms with Crippen LogP contribution in [0.4, 0.5) is 0 Å². The summed E-state index contributed by atoms with van der Waals surface area (Å²) < 4.78 is 34.5. The number of aliphatic hydroxyl groups is 11. The Morgan fingerprint density at radius 3 is 0.991 bits per heavy atom. The van der Waals surface area contributed by atoms with E-state index in [0.717, 1.165) is 70.6 Å². The second-order valence-corrected chi connectivity index (χ2v) is 32.7. The molecular weight excluding hydrogens is 1430 g/mol. The molecule has 0 radical (unpaired) electrons. The van der Waals surface area contributed by atoms with Crippen LogP contribution in [0.1, 0.15) is 373 Å². The maximum atomic E-state index is 13.5. The van der Waals surface area contributed by atoms with Crippen molar-refractivity contribution in [1.82, 2.24) is 5.32 Å². The Morgan fingerprint density at radius 1 is 0.327 bits per heavy atom. The van der Waals surface area contributed by atoms with Gasteiger partial charge in [-0.3, -0.25) is 4.79 Å². The molecule has 0 aliphatic carbocycles. The largest absolute Gasteiger partial charge is 0.394 e. The summed E-state index contributed by atoms with van der Waals surface area (Å²) in [4.78, 5) is 13.5. The number of aliphatic hydroxyl groups excluding tert-OH is 11. The lowest BCUT2D eigenvalue weighted by atomic mass is 9.96. The van der Waals surface area contributed by atoms with Gasteiger partial charge in [0, 0.05) is 6.42 Å². The fourth-order valence-electron chi connectivity index (χ4n) is 15.3. The van der Waals surface area contributed by atoms with Crippen molar-refractivity contribution in [3.05, 3.63) is 85.1 Å². The van der Waals surface area contributed by atoms with E-state index >= 15 is 0 Å². The lowest BCUT2D eigenvalue weighted by Crippen LogP contribution is -2.66. The van der Waals surface area contributed by atoms with Gasteiger partial charge in [-0.25, -0.2) is 0 Å². The van der Waals surface area contributed by atoms with E-state index in [1.807, 2.05) is 6.08 Å². The van der Waals surface area contributed by atoms with Gasteiger partial charge in [-0.15, -0.1) is 0 Å². The summed E-state index contributed by atoms with van der Waals surface area (Å²) in [6.45, 7) is 1.65. The number of hydrogen-bond acceptors (Lipinski definition) is 18. The minimum Gasteiger partial charge on any atom is -0.394 e. The van der Waals surface area contributed by atoms with Crippen LogP contribution >= 0.6 is 0 Å². The van der Waals surface area contributed by atoms with E-state index in [1.54, 1.807) is 6.08 Å². The lowest BCUT2D eigenvalue weighted by Gasteiger charge is -2.48. The van der Waals surface area contributed by atoms with Crippen LogP contribution in [0.3, 0.4) is 0 Å². The summed E-state index contributed by atoms with van der Waals surface area (Å²) in [6.07, 6.45) is 73.2. The van der Waals surface area contributed by atoms with Crippen LogP contribution in [0.25, 0.3) is 0 Å². The quantitative estimate of drug-likeness (QED) is 0.0199. The molecule has 0 aromatic heterocycles. The van der Waals surface area contributed by atoms with Crippen molar-refractivity contribution in [3.63, 3.8) is 0 Å². The maximum Gasteiger partial charge on any atom is 0.220 e. The number of ether oxygens (including phenoxy) is 6. The van der Waals surface area contributed by atoms with E-state index in [1.165, 1.54) is 270 Å². The van der Waals surface area contributed by atoms with Gasteiger partial charge < -0.3 is 89.9 Å². The summed E-state index contributed by atoms with van der Waals surface area (Å²) in [5.74, 6) is -0.285. The average Bonchev–Trinajstić information content (AvgIpc) is 0.780. The smallest absolute Gasteiger partial charge is 0.220 e. The predicted molar refractivity (Wildman–Crippen MR) is 457 cm³/mol. The Labute approximate surface area is 686 Å². The first kappa shape index (κ1) is 104. The zero-order valence-corrected chi connectivity index (χ0v) is 71.1. The fraction of sp³-hybridized carbons (Fsp3) is 0.840. The third-order valence-electron chi connectivity index (χ3n) is 22.7. The monoisotopic (exact) mass is 1600 g/mol. The number of carbonyl (C=O) groups excluding carboxylic acids is 1. The first-order chi connectivity index (χ1) is 55.3. The lowest BCUT2D eigenvalue weighted by molar-refractivity contribution is -0.379. The fourth-order valence-corrected chi connectivity index (χ4v) is 15.3. The Bertz CT molecular complexity index is 2370. The van der Waals surface area contributed by atoms with Gasteiger partial charge in [0.25, 0.3) is 0 Å². The minimum absolute atomic E-state index is 0.232. The molecule has 19 nitrogen and oxygen atoms in total. The van der Waals surface area contributed by atoms with Crippen LogP contribution in [0.5, 0.6) is 0 Å². The summed E-state index contributed by atoms with van der Waals surface area (Å²) in [5.41, 5.74) is 0. The number of amides is 1. The molecule has 19 heteroatoms. The highest BCUT2D eigenvalue weighted by Crippen LogP contribution is 2.34. The summed E-state index contributed by atoms with van der Waals surface area (Å²) >= 11 is 0. The van der Waals surface area contributed by atoms with Gasteiger partial charge in [-0.2, -0.15) is 0 Å². The van der Waals surface area contributed by atoms with Crippen molar-refractivity contribution < 1.29 is 89.4 Å². The molecule has 3 heterocycles. The normalized spacial score (nSPS) is 25.2. The van der Waals surface area contributed by atoms with Crippen molar-refractivity contribution in [1.29, 1.82) is 0 Å². The summed E-state index contributed by atoms with van der Waals surface area (Å²) in [5, 5.41) is 121. The second-order valence-electron chi connectivity index (χ2n) is 32.7. The van der Waals surface area contributed by atoms with E-state index in [4.69, 9.17) is 28.4 Å². The van der Waals surface area contributed by atoms with Gasteiger partial charge >= 0.3 is 0 Å². The van der Waals surface area contributed by atoms with Crippen LogP contribution in [0.2, 0.25) is 0 Å². The second kappa shape index (κ2) is 72.9. The number of nitrogens with one attached hydrogen (secondary N) is 1. The molecule has 0 aromatic carbocycles. The van der Waals surface area contributed by atoms with Crippen LogP contribution in [0, 0.1) is 0 Å². The van der Waals surface area contributed by atoms with E-state index in [-0.39, 0.29) is 18.9 Å². The van der Waals surface area contributed by atoms with E-state index in [2.05, 4.69) is 92.1 Å². The van der Waals surface area contributed by atoms with Gasteiger partial charge in [0.05, 0.1) is 38.6 Å². The van der Waals surface area contributed by atoms with Crippen LogP contribution < -0.4 is 5.32 Å². The van der Waals surface area contributed by atoms with Crippen molar-refractivity contribution in [3.8, 4) is 0 Å². The number of unbranched alkanes of at least 4 members (excludes halogenated alkanes) is 47. The number of hydrogen-bond donors (Lipinski definition) is 12. The highest BCUT2D eigenvalue weighted by atomic mass is 16.8. The van der Waals surface area contributed by atoms with E-state index in [9.17, 15) is 61.0 Å². The highest BCUT2D eigenvalue weighted by Gasteiger charge is 2.54. The average molecular weight is 1600 g/mol. The van der Waals surface area contributed by atoms with Gasteiger partial charge in [0.1, 0.15) is 73.2 Å². The molecule has 12 N–H and O–H groups in total. The molecule has 3 saturated heterocycles. The molecule has 17 atom stereocenters. The van der Waals surface area contributed by atoms with Crippen molar-refractivity contribution in [2.45, 2.75) is 478 Å². The first-order valence-corrected chi connectivity index (χ1v) is 46.3. The molecule has 0 spiro atoms. The van der Waals surface area contributed by atoms with E-state index in [0.29, 0.717) is 12.8 Å². The van der Waals surface area contributed by atoms with Crippen LogP contribution in [-0.4, -0.2) is 193 Å². The molecule has 3 fully saturated rings. The molecule has 658 valence electrons. The third-order valence-corrected chi connectivity index (χ3v) is 22.7. The Morgan fingerprint density at radius 2 is 0.619 bits per heavy atom. The minimum atomic E-state index is -1.99. The Hall–Kier alpha value is -3.03. The molecule has 1 amide bonds. The van der Waals surface area contributed by atoms with E-state index < -0.39 is 124 Å². The Balaban J connectivity index is 1.33. The first-order valence-electron chi connectivity index (χ1n) is 46.3. The summed E-state index contributed by atoms with van der Waals surface area (Å²) in [6, 6.07) is -1.00. The summed E-state index contributed by atoms with van der Waals surface area (Å²) in [7, 11) is 0. The Kier molecular flexibility index (Phi) is 67.2. The number of rotatable bonds is 75. The van der Waals surface area contributed by atoms with Crippen molar-refractivity contribution in [2.75, 3.05) is 26.4 Å². The molecule has 0 saturated carbocycles. The highest BCUT2D eigenvalue weighted by molar-refractivity contribution is 5.76. The maximum absolute atomic E-state index is 13.5. The zero-order valence-electron chi connectivity index (χ0n) is 71.1.